The summed E-state index contributed by atoms with van der Waals surface area (Å²) in [6.45, 7) is -1.55. The van der Waals surface area contributed by atoms with Gasteiger partial charge < -0.3 is 10.8 Å². The molecule has 0 saturated heterocycles. The molecule has 0 spiro atoms. The molecule has 0 bridgehead atoms. The Morgan fingerprint density at radius 3 is 0.861 bits per heavy atom. The summed E-state index contributed by atoms with van der Waals surface area (Å²) in [6.07, 6.45) is -14.2. The summed E-state index contributed by atoms with van der Waals surface area (Å²) in [5, 5.41) is 8.67. The lowest BCUT2D eigenvalue weighted by Crippen LogP contribution is -2.76. The zero-order valence-corrected chi connectivity index (χ0v) is 16.0. The van der Waals surface area contributed by atoms with E-state index in [1.807, 2.05) is 0 Å². The standard InChI is InChI=1S/C13H8F21NO/c14-4(15,1-3(36)2-35)5(16,17)6(18,19)7(20,21)8(22,23)9(24,25)10(26,27)11(28,29)12(30,31)13(32,33)34/h3,36H,1-2,35H2/t3-/m0/s1. The summed E-state index contributed by atoms with van der Waals surface area (Å²) in [6, 6.07) is 0. The Labute approximate surface area is 183 Å². The minimum absolute atomic E-state index is 1.55. The lowest BCUT2D eigenvalue weighted by Gasteiger charge is -2.44. The van der Waals surface area contributed by atoms with Gasteiger partial charge in [0, 0.05) is 13.0 Å². The lowest BCUT2D eigenvalue weighted by molar-refractivity contribution is -0.474. The maximum absolute atomic E-state index is 13.5. The molecule has 0 unspecified atom stereocenters. The largest absolute Gasteiger partial charge is 0.460 e. The third-order valence-electron chi connectivity index (χ3n) is 4.34. The van der Waals surface area contributed by atoms with Crippen molar-refractivity contribution in [2.45, 2.75) is 72.0 Å². The van der Waals surface area contributed by atoms with Gasteiger partial charge in [-0.25, -0.2) is 0 Å². The lowest BCUT2D eigenvalue weighted by atomic mass is 9.85. The number of alkyl halides is 21. The summed E-state index contributed by atoms with van der Waals surface area (Å²) in [4.78, 5) is 0. The minimum atomic E-state index is -9.20. The van der Waals surface area contributed by atoms with E-state index in [4.69, 9.17) is 5.11 Å². The van der Waals surface area contributed by atoms with Crippen LogP contribution in [0.2, 0.25) is 0 Å². The second-order valence-corrected chi connectivity index (χ2v) is 6.89. The average Bonchev–Trinajstić information content (AvgIpc) is 2.65. The maximum Gasteiger partial charge on any atom is 0.460 e. The van der Waals surface area contributed by atoms with E-state index in [1.165, 1.54) is 0 Å². The fraction of sp³-hybridized carbons (Fsp3) is 1.00. The maximum atomic E-state index is 13.5. The molecule has 1 atom stereocenters. The first kappa shape index (κ1) is 34.4. The normalized spacial score (nSPS) is 17.4. The zero-order chi connectivity index (χ0) is 30.0. The number of halogens is 21. The van der Waals surface area contributed by atoms with Gasteiger partial charge in [0.15, 0.2) is 0 Å². The van der Waals surface area contributed by atoms with Gasteiger partial charge in [0.2, 0.25) is 0 Å². The Balaban J connectivity index is 7.00. The van der Waals surface area contributed by atoms with Crippen LogP contribution in [0.5, 0.6) is 0 Å². The smallest absolute Gasteiger partial charge is 0.392 e. The van der Waals surface area contributed by atoms with Crippen LogP contribution in [0.1, 0.15) is 6.42 Å². The molecule has 0 aromatic heterocycles. The Morgan fingerprint density at radius 1 is 0.417 bits per heavy atom. The molecular formula is C13H8F21NO. The van der Waals surface area contributed by atoms with Crippen LogP contribution in [0, 0.1) is 0 Å². The first-order chi connectivity index (χ1) is 15.2. The van der Waals surface area contributed by atoms with Gasteiger partial charge in [0.1, 0.15) is 0 Å². The highest BCUT2D eigenvalue weighted by molar-refractivity contribution is 5.18. The van der Waals surface area contributed by atoms with Gasteiger partial charge in [-0.3, -0.25) is 0 Å². The van der Waals surface area contributed by atoms with Crippen LogP contribution in [0.25, 0.3) is 0 Å². The fourth-order valence-corrected chi connectivity index (χ4v) is 2.10. The van der Waals surface area contributed by atoms with E-state index in [0.29, 0.717) is 0 Å². The number of nitrogens with two attached hydrogens (primary N) is 1. The number of aliphatic hydroxyl groups is 1. The van der Waals surface area contributed by atoms with E-state index >= 15 is 0 Å². The Hall–Kier alpha value is -1.55. The first-order valence-electron chi connectivity index (χ1n) is 8.06. The predicted octanol–water partition coefficient (Wildman–Crippen LogP) is 5.98. The zero-order valence-electron chi connectivity index (χ0n) is 16.0. The van der Waals surface area contributed by atoms with Crippen molar-refractivity contribution in [2.75, 3.05) is 6.54 Å². The molecule has 0 radical (unpaired) electrons. The molecule has 0 aromatic rings. The van der Waals surface area contributed by atoms with Crippen LogP contribution >= 0.6 is 0 Å². The summed E-state index contributed by atoms with van der Waals surface area (Å²) >= 11 is 0. The summed E-state index contributed by atoms with van der Waals surface area (Å²) in [5.74, 6) is -77.4. The molecule has 36 heavy (non-hydrogen) atoms. The molecular weight excluding hydrogens is 585 g/mol. The highest BCUT2D eigenvalue weighted by atomic mass is 19.4. The van der Waals surface area contributed by atoms with Gasteiger partial charge in [-0.15, -0.1) is 0 Å². The van der Waals surface area contributed by atoms with Crippen LogP contribution in [-0.4, -0.2) is 77.2 Å². The number of aliphatic hydroxyl groups excluding tert-OH is 1. The second-order valence-electron chi connectivity index (χ2n) is 6.89. The van der Waals surface area contributed by atoms with E-state index in [9.17, 15) is 92.2 Å². The molecule has 2 nitrogen and oxygen atoms in total. The van der Waals surface area contributed by atoms with Gasteiger partial charge >= 0.3 is 59.5 Å². The van der Waals surface area contributed by atoms with Crippen molar-refractivity contribution in [1.82, 2.24) is 0 Å². The van der Waals surface area contributed by atoms with Crippen LogP contribution in [0.4, 0.5) is 92.2 Å². The Bertz CT molecular complexity index is 783. The molecule has 0 aliphatic heterocycles. The minimum Gasteiger partial charge on any atom is -0.392 e. The average molecular weight is 593 g/mol. The van der Waals surface area contributed by atoms with Crippen molar-refractivity contribution in [3.8, 4) is 0 Å². The quantitative estimate of drug-likeness (QED) is 0.290. The fourth-order valence-electron chi connectivity index (χ4n) is 2.10. The number of rotatable bonds is 11. The van der Waals surface area contributed by atoms with E-state index in [1.54, 1.807) is 0 Å². The molecule has 0 aromatic carbocycles. The molecule has 0 heterocycles. The van der Waals surface area contributed by atoms with E-state index in [-0.39, 0.29) is 0 Å². The Kier molecular flexibility index (Phi) is 8.37. The van der Waals surface area contributed by atoms with Crippen LogP contribution in [-0.2, 0) is 0 Å². The van der Waals surface area contributed by atoms with Gasteiger partial charge in [-0.2, -0.15) is 92.2 Å². The number of hydrogen-bond acceptors (Lipinski definition) is 2. The molecule has 0 fully saturated rings. The summed E-state index contributed by atoms with van der Waals surface area (Å²) in [7, 11) is 0. The number of hydrogen-bond donors (Lipinski definition) is 2. The first-order valence-corrected chi connectivity index (χ1v) is 8.06. The van der Waals surface area contributed by atoms with Crippen molar-refractivity contribution in [3.63, 3.8) is 0 Å². The van der Waals surface area contributed by atoms with Gasteiger partial charge in [0.05, 0.1) is 6.10 Å². The summed E-state index contributed by atoms with van der Waals surface area (Å²) < 4.78 is 275. The summed E-state index contributed by atoms with van der Waals surface area (Å²) in [5.41, 5.74) is 4.42. The van der Waals surface area contributed by atoms with E-state index in [2.05, 4.69) is 5.73 Å². The van der Waals surface area contributed by atoms with Crippen molar-refractivity contribution in [1.29, 1.82) is 0 Å². The SMILES string of the molecule is NC[C@@H](O)CC(F)(F)C(F)(F)C(F)(F)C(F)(F)C(F)(F)C(F)(F)C(F)(F)C(F)(F)C(F)(F)C(F)(F)F. The highest BCUT2D eigenvalue weighted by Gasteiger charge is 2.97. The van der Waals surface area contributed by atoms with Gasteiger partial charge in [0.25, 0.3) is 0 Å². The van der Waals surface area contributed by atoms with Crippen molar-refractivity contribution < 1.29 is 97.3 Å². The van der Waals surface area contributed by atoms with E-state index in [0.717, 1.165) is 0 Å². The van der Waals surface area contributed by atoms with Crippen molar-refractivity contribution in [2.24, 2.45) is 5.73 Å². The predicted molar refractivity (Wildman–Crippen MR) is 70.3 cm³/mol. The molecule has 0 saturated carbocycles. The molecule has 3 N–H and O–H groups in total. The van der Waals surface area contributed by atoms with Crippen LogP contribution in [0.3, 0.4) is 0 Å². The molecule has 0 aliphatic rings. The second kappa shape index (κ2) is 8.75. The topological polar surface area (TPSA) is 46.2 Å². The highest BCUT2D eigenvalue weighted by Crippen LogP contribution is 2.66. The monoisotopic (exact) mass is 593 g/mol. The molecule has 218 valence electrons. The van der Waals surface area contributed by atoms with E-state index < -0.39 is 78.5 Å². The van der Waals surface area contributed by atoms with Crippen LogP contribution < -0.4 is 5.73 Å². The molecule has 23 heteroatoms. The third-order valence-corrected chi connectivity index (χ3v) is 4.34. The third kappa shape index (κ3) is 4.29. The van der Waals surface area contributed by atoms with Crippen molar-refractivity contribution in [3.05, 3.63) is 0 Å². The molecule has 0 aliphatic carbocycles. The van der Waals surface area contributed by atoms with Gasteiger partial charge in [-0.05, 0) is 0 Å². The van der Waals surface area contributed by atoms with Gasteiger partial charge in [-0.1, -0.05) is 0 Å². The molecule has 0 amide bonds. The van der Waals surface area contributed by atoms with Crippen LogP contribution in [0.15, 0.2) is 0 Å². The Morgan fingerprint density at radius 2 is 0.639 bits per heavy atom. The molecule has 0 rings (SSSR count). The van der Waals surface area contributed by atoms with Crippen molar-refractivity contribution >= 4 is 0 Å².